The third kappa shape index (κ3) is 2.95. The molecular formula is C19H25N5O2. The van der Waals surface area contributed by atoms with Crippen molar-refractivity contribution >= 4 is 11.9 Å². The number of hydrogen-bond acceptors (Lipinski definition) is 6. The van der Waals surface area contributed by atoms with Gasteiger partial charge in [0.25, 0.3) is 0 Å². The van der Waals surface area contributed by atoms with Crippen LogP contribution in [0.25, 0.3) is 0 Å². The molecule has 0 aromatic carbocycles. The summed E-state index contributed by atoms with van der Waals surface area (Å²) in [4.78, 5) is 25.8. The van der Waals surface area contributed by atoms with Crippen LogP contribution in [0.15, 0.2) is 16.9 Å². The highest BCUT2D eigenvalue weighted by Crippen LogP contribution is 2.41. The quantitative estimate of drug-likeness (QED) is 0.837. The van der Waals surface area contributed by atoms with Crippen molar-refractivity contribution in [2.75, 3.05) is 24.5 Å². The predicted octanol–water partition coefficient (Wildman–Crippen LogP) is 2.27. The number of aromatic nitrogens is 3. The van der Waals surface area contributed by atoms with E-state index in [0.717, 1.165) is 61.0 Å². The molecule has 7 heteroatoms. The highest BCUT2D eigenvalue weighted by Gasteiger charge is 2.48. The zero-order valence-corrected chi connectivity index (χ0v) is 15.7. The molecule has 0 aliphatic carbocycles. The van der Waals surface area contributed by atoms with Gasteiger partial charge in [-0.05, 0) is 32.3 Å². The first-order valence-corrected chi connectivity index (χ1v) is 9.25. The molecule has 2 fully saturated rings. The van der Waals surface area contributed by atoms with Crippen molar-refractivity contribution in [1.29, 1.82) is 0 Å². The normalized spacial score (nSPS) is 22.8. The molecule has 7 nitrogen and oxygen atoms in total. The molecule has 0 unspecified atom stereocenters. The third-order valence-corrected chi connectivity index (χ3v) is 5.76. The Hall–Kier alpha value is -2.44. The number of anilines is 1. The summed E-state index contributed by atoms with van der Waals surface area (Å²) in [5.74, 6) is 1.79. The first-order chi connectivity index (χ1) is 12.5. The fraction of sp³-hybridized carbons (Fsp3) is 0.579. The number of hydrogen-bond donors (Lipinski definition) is 0. The molecule has 2 aromatic heterocycles. The molecule has 4 heterocycles. The van der Waals surface area contributed by atoms with E-state index in [2.05, 4.69) is 26.9 Å². The lowest BCUT2D eigenvalue weighted by Crippen LogP contribution is -2.31. The van der Waals surface area contributed by atoms with E-state index in [-0.39, 0.29) is 11.3 Å². The summed E-state index contributed by atoms with van der Waals surface area (Å²) in [5, 5.41) is 4.00. The van der Waals surface area contributed by atoms with Gasteiger partial charge in [0.05, 0.1) is 12.2 Å². The predicted molar refractivity (Wildman–Crippen MR) is 96.7 cm³/mol. The largest absolute Gasteiger partial charge is 0.361 e. The van der Waals surface area contributed by atoms with Gasteiger partial charge in [-0.15, -0.1) is 0 Å². The van der Waals surface area contributed by atoms with Crippen molar-refractivity contribution in [3.8, 4) is 0 Å². The maximum atomic E-state index is 12.6. The van der Waals surface area contributed by atoms with Crippen LogP contribution >= 0.6 is 0 Å². The Bertz CT molecular complexity index is 796. The smallest absolute Gasteiger partial charge is 0.225 e. The lowest BCUT2D eigenvalue weighted by atomic mass is 9.86. The van der Waals surface area contributed by atoms with Crippen LogP contribution in [0.5, 0.6) is 0 Å². The molecule has 2 aromatic rings. The fourth-order valence-corrected chi connectivity index (χ4v) is 4.12. The van der Waals surface area contributed by atoms with Crippen molar-refractivity contribution in [1.82, 2.24) is 20.0 Å². The molecule has 2 saturated heterocycles. The topological polar surface area (TPSA) is 75.4 Å². The second kappa shape index (κ2) is 6.37. The molecule has 1 spiro atoms. The van der Waals surface area contributed by atoms with Crippen LogP contribution in [-0.2, 0) is 17.8 Å². The van der Waals surface area contributed by atoms with Crippen LogP contribution in [0.1, 0.15) is 42.3 Å². The molecule has 0 bridgehead atoms. The fourth-order valence-electron chi connectivity index (χ4n) is 4.12. The number of carbonyl (C=O) groups excluding carboxylic acids is 1. The highest BCUT2D eigenvalue weighted by atomic mass is 16.5. The Labute approximate surface area is 153 Å². The number of likely N-dealkylation sites (tertiary alicyclic amines) is 1. The highest BCUT2D eigenvalue weighted by molar-refractivity contribution is 5.80. The Morgan fingerprint density at radius 3 is 2.65 bits per heavy atom. The van der Waals surface area contributed by atoms with Crippen LogP contribution in [0, 0.1) is 19.3 Å². The molecule has 1 atom stereocenters. The monoisotopic (exact) mass is 355 g/mol. The Kier molecular flexibility index (Phi) is 4.17. The number of aryl methyl sites for hydroxylation is 3. The summed E-state index contributed by atoms with van der Waals surface area (Å²) in [5.41, 5.74) is 3.05. The summed E-state index contributed by atoms with van der Waals surface area (Å²) >= 11 is 0. The lowest BCUT2D eigenvalue weighted by Gasteiger charge is -2.24. The maximum absolute atomic E-state index is 12.6. The van der Waals surface area contributed by atoms with Gasteiger partial charge in [-0.3, -0.25) is 4.79 Å². The molecule has 0 saturated carbocycles. The second-order valence-electron chi connectivity index (χ2n) is 7.65. The van der Waals surface area contributed by atoms with E-state index in [0.29, 0.717) is 13.0 Å². The van der Waals surface area contributed by atoms with Gasteiger partial charge < -0.3 is 14.3 Å². The Morgan fingerprint density at radius 2 is 2.00 bits per heavy atom. The zero-order valence-electron chi connectivity index (χ0n) is 15.7. The van der Waals surface area contributed by atoms with E-state index < -0.39 is 0 Å². The molecule has 4 rings (SSSR count). The average molecular weight is 355 g/mol. The van der Waals surface area contributed by atoms with Crippen molar-refractivity contribution in [2.45, 2.75) is 46.6 Å². The van der Waals surface area contributed by atoms with Gasteiger partial charge in [0.15, 0.2) is 0 Å². The minimum absolute atomic E-state index is 0.00282. The van der Waals surface area contributed by atoms with Crippen molar-refractivity contribution in [2.24, 2.45) is 5.41 Å². The Balaban J connectivity index is 1.46. The van der Waals surface area contributed by atoms with Crippen molar-refractivity contribution in [3.63, 3.8) is 0 Å². The number of carbonyl (C=O) groups is 1. The molecule has 26 heavy (non-hydrogen) atoms. The van der Waals surface area contributed by atoms with Gasteiger partial charge in [-0.25, -0.2) is 9.97 Å². The summed E-state index contributed by atoms with van der Waals surface area (Å²) in [6.45, 7) is 9.03. The summed E-state index contributed by atoms with van der Waals surface area (Å²) in [6, 6.07) is 0. The number of nitrogens with zero attached hydrogens (tertiary/aromatic N) is 5. The van der Waals surface area contributed by atoms with Crippen LogP contribution < -0.4 is 4.90 Å². The molecule has 2 aliphatic heterocycles. The molecule has 1 amide bonds. The number of rotatable bonds is 4. The summed E-state index contributed by atoms with van der Waals surface area (Å²) in [6.07, 6.45) is 6.33. The van der Waals surface area contributed by atoms with E-state index in [1.54, 1.807) is 0 Å². The van der Waals surface area contributed by atoms with Gasteiger partial charge in [-0.1, -0.05) is 12.1 Å². The lowest BCUT2D eigenvalue weighted by molar-refractivity contribution is -0.128. The van der Waals surface area contributed by atoms with Crippen LogP contribution in [0.4, 0.5) is 5.95 Å². The molecule has 138 valence electrons. The Morgan fingerprint density at radius 1 is 1.23 bits per heavy atom. The van der Waals surface area contributed by atoms with E-state index in [9.17, 15) is 4.79 Å². The summed E-state index contributed by atoms with van der Waals surface area (Å²) < 4.78 is 5.24. The van der Waals surface area contributed by atoms with Crippen molar-refractivity contribution in [3.05, 3.63) is 35.0 Å². The number of amides is 1. The van der Waals surface area contributed by atoms with E-state index in [1.807, 2.05) is 31.1 Å². The van der Waals surface area contributed by atoms with Gasteiger partial charge in [0.2, 0.25) is 11.9 Å². The SMILES string of the molecule is CCc1cnc(N2CC[C@]3(CC(=O)N(Cc4c(C)noc4C)C3)C2)nc1. The first kappa shape index (κ1) is 17.0. The zero-order chi connectivity index (χ0) is 18.3. The molecule has 0 N–H and O–H groups in total. The minimum Gasteiger partial charge on any atom is -0.361 e. The van der Waals surface area contributed by atoms with Crippen LogP contribution in [0.2, 0.25) is 0 Å². The van der Waals surface area contributed by atoms with Gasteiger partial charge in [0, 0.05) is 49.4 Å². The van der Waals surface area contributed by atoms with Gasteiger partial charge in [0.1, 0.15) is 5.76 Å². The van der Waals surface area contributed by atoms with Crippen LogP contribution in [0.3, 0.4) is 0 Å². The molecule has 0 radical (unpaired) electrons. The van der Waals surface area contributed by atoms with E-state index in [1.165, 1.54) is 0 Å². The molecular weight excluding hydrogens is 330 g/mol. The second-order valence-corrected chi connectivity index (χ2v) is 7.65. The minimum atomic E-state index is 0.00282. The summed E-state index contributed by atoms with van der Waals surface area (Å²) in [7, 11) is 0. The maximum Gasteiger partial charge on any atom is 0.225 e. The third-order valence-electron chi connectivity index (χ3n) is 5.76. The van der Waals surface area contributed by atoms with Crippen molar-refractivity contribution < 1.29 is 9.32 Å². The average Bonchev–Trinajstić information content (AvgIpc) is 3.29. The van der Waals surface area contributed by atoms with Gasteiger partial charge >= 0.3 is 0 Å². The van der Waals surface area contributed by atoms with E-state index in [4.69, 9.17) is 4.52 Å². The van der Waals surface area contributed by atoms with Gasteiger partial charge in [-0.2, -0.15) is 0 Å². The van der Waals surface area contributed by atoms with E-state index >= 15 is 0 Å². The van der Waals surface area contributed by atoms with Crippen LogP contribution in [-0.4, -0.2) is 45.6 Å². The molecule has 2 aliphatic rings. The standard InChI is InChI=1S/C19H25N5O2/c1-4-15-8-20-18(21-9-15)23-6-5-19(11-23)7-17(25)24(12-19)10-16-13(2)22-26-14(16)3/h8-9H,4-7,10-12H2,1-3H3/t19-/m0/s1. The first-order valence-electron chi connectivity index (χ1n) is 9.25.